The van der Waals surface area contributed by atoms with Crippen molar-refractivity contribution in [3.05, 3.63) is 35.9 Å². The summed E-state index contributed by atoms with van der Waals surface area (Å²) in [6, 6.07) is 9.77. The fraction of sp³-hybridized carbons (Fsp3) is 0.556. The molecule has 0 spiro atoms. The van der Waals surface area contributed by atoms with E-state index in [1.165, 1.54) is 5.56 Å². The van der Waals surface area contributed by atoms with Crippen molar-refractivity contribution in [1.82, 2.24) is 10.2 Å². The summed E-state index contributed by atoms with van der Waals surface area (Å²) in [5, 5.41) is 12.2. The van der Waals surface area contributed by atoms with Crippen LogP contribution in [0.1, 0.15) is 25.8 Å². The highest BCUT2D eigenvalue weighted by atomic mass is 16.3. The largest absolute Gasteiger partial charge is 0.394 e. The molecule has 0 aromatic heterocycles. The van der Waals surface area contributed by atoms with Crippen LogP contribution in [-0.2, 0) is 16.0 Å². The molecule has 126 valence electrons. The molecule has 23 heavy (non-hydrogen) atoms. The van der Waals surface area contributed by atoms with Crippen molar-refractivity contribution in [1.29, 1.82) is 0 Å². The van der Waals surface area contributed by atoms with E-state index in [0.717, 1.165) is 6.42 Å². The highest BCUT2D eigenvalue weighted by molar-refractivity contribution is 5.89. The number of hydrogen-bond donors (Lipinski definition) is 2. The van der Waals surface area contributed by atoms with Crippen LogP contribution in [0.5, 0.6) is 0 Å². The lowest BCUT2D eigenvalue weighted by molar-refractivity contribution is -0.129. The number of amides is 2. The number of benzene rings is 1. The van der Waals surface area contributed by atoms with Gasteiger partial charge in [-0.25, -0.2) is 0 Å². The number of nitrogens with one attached hydrogen (secondary N) is 1. The Morgan fingerprint density at radius 2 is 2.04 bits per heavy atom. The van der Waals surface area contributed by atoms with Gasteiger partial charge in [-0.1, -0.05) is 44.2 Å². The summed E-state index contributed by atoms with van der Waals surface area (Å²) >= 11 is 0. The second-order valence-corrected chi connectivity index (χ2v) is 6.52. The summed E-state index contributed by atoms with van der Waals surface area (Å²) < 4.78 is 0. The van der Waals surface area contributed by atoms with Gasteiger partial charge in [0.1, 0.15) is 0 Å². The second kappa shape index (κ2) is 8.11. The van der Waals surface area contributed by atoms with Crippen molar-refractivity contribution in [3.63, 3.8) is 0 Å². The number of likely N-dealkylation sites (tertiary alicyclic amines) is 1. The van der Waals surface area contributed by atoms with E-state index in [2.05, 4.69) is 5.32 Å². The van der Waals surface area contributed by atoms with Crippen molar-refractivity contribution >= 4 is 11.8 Å². The number of aliphatic hydroxyl groups is 1. The minimum atomic E-state index is -0.314. The SMILES string of the molecule is CC(C)[C@H](CO)NC(=O)[C@H]1CC(=O)N(CCc2ccccc2)C1. The number of rotatable bonds is 7. The minimum absolute atomic E-state index is 0.0335. The van der Waals surface area contributed by atoms with Gasteiger partial charge in [-0.3, -0.25) is 9.59 Å². The average molecular weight is 318 g/mol. The van der Waals surface area contributed by atoms with Crippen molar-refractivity contribution in [3.8, 4) is 0 Å². The minimum Gasteiger partial charge on any atom is -0.394 e. The van der Waals surface area contributed by atoms with Gasteiger partial charge < -0.3 is 15.3 Å². The third-order valence-corrected chi connectivity index (χ3v) is 4.43. The standard InChI is InChI=1S/C18H26N2O3/c1-13(2)16(12-21)19-18(23)15-10-17(22)20(11-15)9-8-14-6-4-3-5-7-14/h3-7,13,15-16,21H,8-12H2,1-2H3,(H,19,23)/t15-,16-/m0/s1. The molecule has 1 aliphatic rings. The monoisotopic (exact) mass is 318 g/mol. The van der Waals surface area contributed by atoms with Crippen LogP contribution in [0.2, 0.25) is 0 Å². The van der Waals surface area contributed by atoms with Gasteiger partial charge in [0.2, 0.25) is 11.8 Å². The molecule has 0 aliphatic carbocycles. The van der Waals surface area contributed by atoms with Crippen molar-refractivity contribution < 1.29 is 14.7 Å². The van der Waals surface area contributed by atoms with Gasteiger partial charge in [-0.15, -0.1) is 0 Å². The van der Waals surface area contributed by atoms with E-state index < -0.39 is 0 Å². The summed E-state index contributed by atoms with van der Waals surface area (Å²) in [5.41, 5.74) is 1.19. The molecule has 2 atom stereocenters. The summed E-state index contributed by atoms with van der Waals surface area (Å²) in [6.45, 7) is 4.93. The number of carbonyl (C=O) groups is 2. The summed E-state index contributed by atoms with van der Waals surface area (Å²) in [4.78, 5) is 26.1. The van der Waals surface area contributed by atoms with E-state index >= 15 is 0 Å². The molecule has 0 radical (unpaired) electrons. The van der Waals surface area contributed by atoms with Crippen LogP contribution in [0, 0.1) is 11.8 Å². The van der Waals surface area contributed by atoms with Crippen molar-refractivity contribution in [2.45, 2.75) is 32.7 Å². The Bertz CT molecular complexity index is 530. The van der Waals surface area contributed by atoms with Gasteiger partial charge in [0, 0.05) is 19.5 Å². The zero-order valence-electron chi connectivity index (χ0n) is 13.9. The Morgan fingerprint density at radius 1 is 1.35 bits per heavy atom. The van der Waals surface area contributed by atoms with Crippen molar-refractivity contribution in [2.24, 2.45) is 11.8 Å². The predicted octanol–water partition coefficient (Wildman–Crippen LogP) is 1.21. The summed E-state index contributed by atoms with van der Waals surface area (Å²) in [5.74, 6) is -0.249. The molecule has 1 aromatic rings. The van der Waals surface area contributed by atoms with Crippen LogP contribution < -0.4 is 5.32 Å². The molecule has 1 aromatic carbocycles. The van der Waals surface area contributed by atoms with Gasteiger partial charge in [-0.05, 0) is 17.9 Å². The van der Waals surface area contributed by atoms with Crippen LogP contribution >= 0.6 is 0 Å². The Morgan fingerprint density at radius 3 is 2.65 bits per heavy atom. The molecule has 2 amide bonds. The zero-order valence-corrected chi connectivity index (χ0v) is 13.9. The van der Waals surface area contributed by atoms with Crippen LogP contribution in [0.3, 0.4) is 0 Å². The number of carbonyl (C=O) groups excluding carboxylic acids is 2. The maximum Gasteiger partial charge on any atom is 0.225 e. The molecule has 2 N–H and O–H groups in total. The Hall–Kier alpha value is -1.88. The van der Waals surface area contributed by atoms with E-state index in [1.54, 1.807) is 4.90 Å². The average Bonchev–Trinajstić information content (AvgIpc) is 2.92. The lowest BCUT2D eigenvalue weighted by Crippen LogP contribution is -2.44. The van der Waals surface area contributed by atoms with Gasteiger partial charge in [0.15, 0.2) is 0 Å². The van der Waals surface area contributed by atoms with Crippen LogP contribution in [0.25, 0.3) is 0 Å². The molecule has 0 unspecified atom stereocenters. The number of hydrogen-bond acceptors (Lipinski definition) is 3. The molecular formula is C18H26N2O3. The van der Waals surface area contributed by atoms with E-state index in [4.69, 9.17) is 0 Å². The summed E-state index contributed by atoms with van der Waals surface area (Å²) in [6.07, 6.45) is 1.06. The Balaban J connectivity index is 1.85. The van der Waals surface area contributed by atoms with Gasteiger partial charge in [0.25, 0.3) is 0 Å². The quantitative estimate of drug-likeness (QED) is 0.794. The van der Waals surface area contributed by atoms with Crippen LogP contribution in [0.4, 0.5) is 0 Å². The zero-order chi connectivity index (χ0) is 16.8. The van der Waals surface area contributed by atoms with E-state index in [0.29, 0.717) is 13.1 Å². The third kappa shape index (κ3) is 4.79. The Labute approximate surface area is 137 Å². The smallest absolute Gasteiger partial charge is 0.225 e. The molecule has 1 heterocycles. The van der Waals surface area contributed by atoms with E-state index in [9.17, 15) is 14.7 Å². The first-order valence-corrected chi connectivity index (χ1v) is 8.24. The van der Waals surface area contributed by atoms with Gasteiger partial charge in [-0.2, -0.15) is 0 Å². The van der Waals surface area contributed by atoms with Crippen LogP contribution in [-0.4, -0.2) is 47.6 Å². The molecule has 0 saturated carbocycles. The van der Waals surface area contributed by atoms with Crippen molar-refractivity contribution in [2.75, 3.05) is 19.7 Å². The fourth-order valence-corrected chi connectivity index (χ4v) is 2.80. The van der Waals surface area contributed by atoms with Gasteiger partial charge >= 0.3 is 0 Å². The second-order valence-electron chi connectivity index (χ2n) is 6.52. The topological polar surface area (TPSA) is 69.6 Å². The van der Waals surface area contributed by atoms with Gasteiger partial charge in [0.05, 0.1) is 18.6 Å². The highest BCUT2D eigenvalue weighted by Gasteiger charge is 2.34. The lowest BCUT2D eigenvalue weighted by Gasteiger charge is -2.22. The van der Waals surface area contributed by atoms with Crippen LogP contribution in [0.15, 0.2) is 30.3 Å². The fourth-order valence-electron chi connectivity index (χ4n) is 2.80. The number of aliphatic hydroxyl groups excluding tert-OH is 1. The first-order chi connectivity index (χ1) is 11.0. The maximum atomic E-state index is 12.3. The molecule has 5 heteroatoms. The third-order valence-electron chi connectivity index (χ3n) is 4.43. The first kappa shape index (κ1) is 17.5. The van der Waals surface area contributed by atoms with E-state index in [-0.39, 0.29) is 42.7 Å². The molecular weight excluding hydrogens is 292 g/mol. The molecule has 2 rings (SSSR count). The lowest BCUT2D eigenvalue weighted by atomic mass is 10.0. The summed E-state index contributed by atoms with van der Waals surface area (Å²) in [7, 11) is 0. The molecule has 1 fully saturated rings. The molecule has 1 aliphatic heterocycles. The highest BCUT2D eigenvalue weighted by Crippen LogP contribution is 2.19. The maximum absolute atomic E-state index is 12.3. The molecule has 5 nitrogen and oxygen atoms in total. The first-order valence-electron chi connectivity index (χ1n) is 8.24. The Kier molecular flexibility index (Phi) is 6.16. The number of nitrogens with zero attached hydrogens (tertiary/aromatic N) is 1. The normalized spacial score (nSPS) is 19.2. The molecule has 0 bridgehead atoms. The molecule has 1 saturated heterocycles. The predicted molar refractivity (Wildman–Crippen MR) is 88.7 cm³/mol. The van der Waals surface area contributed by atoms with E-state index in [1.807, 2.05) is 44.2 Å².